The number of ether oxygens (including phenoxy) is 4. The molecule has 0 aliphatic carbocycles. The molecule has 32 heavy (non-hydrogen) atoms. The summed E-state index contributed by atoms with van der Waals surface area (Å²) in [4.78, 5) is 22.6. The van der Waals surface area contributed by atoms with Crippen LogP contribution in [-0.2, 0) is 28.5 Å². The zero-order valence-corrected chi connectivity index (χ0v) is 21.0. The first-order valence-electron chi connectivity index (χ1n) is 13.1. The molecule has 0 aliphatic heterocycles. The van der Waals surface area contributed by atoms with Crippen molar-refractivity contribution in [1.29, 1.82) is 0 Å². The highest BCUT2D eigenvalue weighted by Gasteiger charge is 2.03. The Morgan fingerprint density at radius 3 is 1.44 bits per heavy atom. The van der Waals surface area contributed by atoms with Gasteiger partial charge >= 0.3 is 11.9 Å². The Bertz CT molecular complexity index is 413. The summed E-state index contributed by atoms with van der Waals surface area (Å²) in [6.45, 7) is 4.06. The average Bonchev–Trinajstić information content (AvgIpc) is 2.80. The van der Waals surface area contributed by atoms with E-state index in [9.17, 15) is 9.59 Å². The molecule has 0 aromatic heterocycles. The molecular formula is C26H50O6. The Labute approximate surface area is 197 Å². The molecule has 0 radical (unpaired) electrons. The van der Waals surface area contributed by atoms with Gasteiger partial charge < -0.3 is 18.9 Å². The normalized spacial score (nSPS) is 10.9. The highest BCUT2D eigenvalue weighted by molar-refractivity contribution is 5.69. The Kier molecular flexibility index (Phi) is 25.2. The maximum absolute atomic E-state index is 11.7. The molecule has 0 heterocycles. The van der Waals surface area contributed by atoms with Gasteiger partial charge in [0, 0.05) is 6.42 Å². The molecule has 0 spiro atoms. The van der Waals surface area contributed by atoms with Crippen LogP contribution in [0.3, 0.4) is 0 Å². The zero-order chi connectivity index (χ0) is 23.5. The van der Waals surface area contributed by atoms with Gasteiger partial charge in [0.25, 0.3) is 0 Å². The van der Waals surface area contributed by atoms with Gasteiger partial charge in [0.1, 0.15) is 6.61 Å². The average molecular weight is 459 g/mol. The minimum absolute atomic E-state index is 0.141. The van der Waals surface area contributed by atoms with Crippen molar-refractivity contribution in [3.05, 3.63) is 0 Å². The summed E-state index contributed by atoms with van der Waals surface area (Å²) in [6.07, 6.45) is 20.5. The molecule has 0 atom stereocenters. The van der Waals surface area contributed by atoms with Crippen molar-refractivity contribution in [2.24, 2.45) is 0 Å². The molecule has 0 saturated carbocycles. The van der Waals surface area contributed by atoms with Gasteiger partial charge in [0.15, 0.2) is 0 Å². The third-order valence-electron chi connectivity index (χ3n) is 5.53. The van der Waals surface area contributed by atoms with Crippen LogP contribution < -0.4 is 0 Å². The van der Waals surface area contributed by atoms with Crippen molar-refractivity contribution >= 4 is 11.9 Å². The van der Waals surface area contributed by atoms with E-state index in [1.165, 1.54) is 90.6 Å². The SMILES string of the molecule is CCCCCCCCCCCCCCCCCC(=O)OCCOCCOCCC(=O)OC. The Morgan fingerprint density at radius 1 is 0.500 bits per heavy atom. The van der Waals surface area contributed by atoms with Gasteiger partial charge in [-0.1, -0.05) is 96.8 Å². The van der Waals surface area contributed by atoms with Crippen molar-refractivity contribution in [2.75, 3.05) is 40.1 Å². The summed E-state index contributed by atoms with van der Waals surface area (Å²) in [7, 11) is 1.35. The maximum atomic E-state index is 11.7. The van der Waals surface area contributed by atoms with Crippen molar-refractivity contribution in [3.8, 4) is 0 Å². The summed E-state index contributed by atoms with van der Waals surface area (Å²) in [5, 5.41) is 0. The van der Waals surface area contributed by atoms with E-state index in [0.29, 0.717) is 32.8 Å². The summed E-state index contributed by atoms with van der Waals surface area (Å²) in [5.74, 6) is -0.426. The summed E-state index contributed by atoms with van der Waals surface area (Å²) >= 11 is 0. The predicted molar refractivity (Wildman–Crippen MR) is 129 cm³/mol. The molecular weight excluding hydrogens is 408 g/mol. The van der Waals surface area contributed by atoms with Crippen molar-refractivity contribution in [3.63, 3.8) is 0 Å². The molecule has 0 unspecified atom stereocenters. The molecule has 0 aliphatic rings. The van der Waals surface area contributed by atoms with Gasteiger partial charge in [0.2, 0.25) is 0 Å². The van der Waals surface area contributed by atoms with E-state index in [0.717, 1.165) is 12.8 Å². The van der Waals surface area contributed by atoms with E-state index in [4.69, 9.17) is 14.2 Å². The lowest BCUT2D eigenvalue weighted by molar-refractivity contribution is -0.145. The Hall–Kier alpha value is -1.14. The predicted octanol–water partition coefficient (Wildman–Crippen LogP) is 6.39. The van der Waals surface area contributed by atoms with E-state index in [2.05, 4.69) is 11.7 Å². The quantitative estimate of drug-likeness (QED) is 0.117. The highest BCUT2D eigenvalue weighted by atomic mass is 16.6. The third-order valence-corrected chi connectivity index (χ3v) is 5.53. The fourth-order valence-electron chi connectivity index (χ4n) is 3.51. The van der Waals surface area contributed by atoms with E-state index in [1.807, 2.05) is 0 Å². The highest BCUT2D eigenvalue weighted by Crippen LogP contribution is 2.13. The van der Waals surface area contributed by atoms with Crippen LogP contribution in [0.1, 0.15) is 116 Å². The van der Waals surface area contributed by atoms with Gasteiger partial charge in [-0.15, -0.1) is 0 Å². The molecule has 6 heteroatoms. The monoisotopic (exact) mass is 458 g/mol. The van der Waals surface area contributed by atoms with E-state index < -0.39 is 0 Å². The molecule has 0 bridgehead atoms. The van der Waals surface area contributed by atoms with Crippen LogP contribution in [0.25, 0.3) is 0 Å². The van der Waals surface area contributed by atoms with Gasteiger partial charge in [-0.2, -0.15) is 0 Å². The van der Waals surface area contributed by atoms with Crippen molar-refractivity contribution in [1.82, 2.24) is 0 Å². The number of unbranched alkanes of at least 4 members (excludes halogenated alkanes) is 14. The lowest BCUT2D eigenvalue weighted by atomic mass is 10.0. The smallest absolute Gasteiger partial charge is 0.307 e. The molecule has 6 nitrogen and oxygen atoms in total. The number of hydrogen-bond acceptors (Lipinski definition) is 6. The Balaban J connectivity index is 3.17. The molecule has 0 rings (SSSR count). The molecule has 0 aromatic rings. The first kappa shape index (κ1) is 30.9. The van der Waals surface area contributed by atoms with Gasteiger partial charge in [-0.05, 0) is 6.42 Å². The minimum Gasteiger partial charge on any atom is -0.469 e. The third kappa shape index (κ3) is 25.1. The van der Waals surface area contributed by atoms with E-state index in [1.54, 1.807) is 0 Å². The number of hydrogen-bond donors (Lipinski definition) is 0. The van der Waals surface area contributed by atoms with Crippen LogP contribution >= 0.6 is 0 Å². The van der Waals surface area contributed by atoms with E-state index >= 15 is 0 Å². The standard InChI is InChI=1S/C26H50O6/c1-3-4-5-6-7-8-9-10-11-12-13-14-15-16-17-18-26(28)32-24-23-31-22-21-30-20-19-25(27)29-2/h3-24H2,1-2H3. The van der Waals surface area contributed by atoms with Gasteiger partial charge in [0.05, 0.1) is 40.0 Å². The Morgan fingerprint density at radius 2 is 0.938 bits per heavy atom. The van der Waals surface area contributed by atoms with Crippen LogP contribution in [0.5, 0.6) is 0 Å². The number of esters is 2. The van der Waals surface area contributed by atoms with Crippen LogP contribution in [0.15, 0.2) is 0 Å². The molecule has 0 aromatic carbocycles. The number of carbonyl (C=O) groups excluding carboxylic acids is 2. The topological polar surface area (TPSA) is 71.1 Å². The van der Waals surface area contributed by atoms with Crippen LogP contribution in [-0.4, -0.2) is 52.1 Å². The second kappa shape index (κ2) is 26.1. The van der Waals surface area contributed by atoms with Crippen molar-refractivity contribution < 1.29 is 28.5 Å². The number of carbonyl (C=O) groups is 2. The second-order valence-electron chi connectivity index (χ2n) is 8.47. The minimum atomic E-state index is -0.285. The first-order valence-corrected chi connectivity index (χ1v) is 13.1. The van der Waals surface area contributed by atoms with Gasteiger partial charge in [-0.3, -0.25) is 9.59 Å². The molecule has 0 saturated heterocycles. The molecule has 0 fully saturated rings. The number of methoxy groups -OCH3 is 1. The maximum Gasteiger partial charge on any atom is 0.307 e. The van der Waals surface area contributed by atoms with Crippen LogP contribution in [0.4, 0.5) is 0 Å². The summed E-state index contributed by atoms with van der Waals surface area (Å²) in [6, 6.07) is 0. The summed E-state index contributed by atoms with van der Waals surface area (Å²) in [5.41, 5.74) is 0. The first-order chi connectivity index (χ1) is 15.7. The molecule has 0 N–H and O–H groups in total. The lowest BCUT2D eigenvalue weighted by Gasteiger charge is -2.07. The zero-order valence-electron chi connectivity index (χ0n) is 21.0. The number of rotatable bonds is 25. The van der Waals surface area contributed by atoms with Crippen molar-refractivity contribution in [2.45, 2.75) is 116 Å². The fourth-order valence-corrected chi connectivity index (χ4v) is 3.51. The van der Waals surface area contributed by atoms with Crippen LogP contribution in [0.2, 0.25) is 0 Å². The molecule has 0 amide bonds. The van der Waals surface area contributed by atoms with Gasteiger partial charge in [-0.25, -0.2) is 0 Å². The second-order valence-corrected chi connectivity index (χ2v) is 8.47. The fraction of sp³-hybridized carbons (Fsp3) is 0.923. The molecule has 190 valence electrons. The lowest BCUT2D eigenvalue weighted by Crippen LogP contribution is -2.13. The van der Waals surface area contributed by atoms with Crippen LogP contribution in [0, 0.1) is 0 Å². The largest absolute Gasteiger partial charge is 0.469 e. The van der Waals surface area contributed by atoms with E-state index in [-0.39, 0.29) is 25.0 Å². The summed E-state index contributed by atoms with van der Waals surface area (Å²) < 4.78 is 20.3.